The third-order valence-corrected chi connectivity index (χ3v) is 3.55. The first-order valence-corrected chi connectivity index (χ1v) is 6.73. The van der Waals surface area contributed by atoms with Crippen molar-refractivity contribution >= 4 is 17.1 Å². The molecule has 0 saturated carbocycles. The van der Waals surface area contributed by atoms with Crippen LogP contribution in [0.5, 0.6) is 0 Å². The minimum absolute atomic E-state index is 0.192. The Balaban J connectivity index is 2.61. The van der Waals surface area contributed by atoms with Crippen LogP contribution in [0.4, 0.5) is 0 Å². The van der Waals surface area contributed by atoms with E-state index in [1.54, 1.807) is 0 Å². The second-order valence-corrected chi connectivity index (χ2v) is 5.03. The van der Waals surface area contributed by atoms with Gasteiger partial charge in [-0.1, -0.05) is 19.4 Å². The van der Waals surface area contributed by atoms with Gasteiger partial charge in [0.1, 0.15) is 11.3 Å². The number of carbonyl (C=O) groups is 1. The van der Waals surface area contributed by atoms with Gasteiger partial charge in [0.2, 0.25) is 0 Å². The zero-order chi connectivity index (χ0) is 13.1. The van der Waals surface area contributed by atoms with Gasteiger partial charge in [0.05, 0.1) is 4.88 Å². The van der Waals surface area contributed by atoms with Crippen LogP contribution in [0.2, 0.25) is 0 Å². The fraction of sp³-hybridized carbons (Fsp3) is 0.286. The van der Waals surface area contributed by atoms with Crippen LogP contribution in [-0.4, -0.2) is 5.78 Å². The lowest BCUT2D eigenvalue weighted by molar-refractivity contribution is 0.101. The Morgan fingerprint density at radius 2 is 2.22 bits per heavy atom. The summed E-state index contributed by atoms with van der Waals surface area (Å²) in [6.07, 6.45) is 1.59. The summed E-state index contributed by atoms with van der Waals surface area (Å²) in [5, 5.41) is 1.92. The number of thiophene rings is 1. The van der Waals surface area contributed by atoms with Gasteiger partial charge in [-0.15, -0.1) is 11.3 Å². The summed E-state index contributed by atoms with van der Waals surface area (Å²) >= 11 is 1.51. The number of Topliss-reactive ketones (excluding diaryl/α,β-unsaturated/α-hetero) is 1. The van der Waals surface area contributed by atoms with Crippen molar-refractivity contribution in [1.29, 1.82) is 0 Å². The van der Waals surface area contributed by atoms with Gasteiger partial charge in [0, 0.05) is 0 Å². The summed E-state index contributed by atoms with van der Waals surface area (Å²) in [5.41, 5.74) is 0.443. The minimum Gasteiger partial charge on any atom is -0.421 e. The average molecular weight is 262 g/mol. The SMILES string of the molecule is CCCc1cc(-c2cccs2)oc(=O)c1C(C)=O. The molecule has 3 nitrogen and oxygen atoms in total. The smallest absolute Gasteiger partial charge is 0.347 e. The van der Waals surface area contributed by atoms with E-state index in [9.17, 15) is 9.59 Å². The predicted octanol–water partition coefficient (Wildman–Crippen LogP) is 3.52. The molecular weight excluding hydrogens is 248 g/mol. The Morgan fingerprint density at radius 3 is 2.78 bits per heavy atom. The van der Waals surface area contributed by atoms with E-state index in [2.05, 4.69) is 0 Å². The molecule has 94 valence electrons. The van der Waals surface area contributed by atoms with Gasteiger partial charge in [-0.05, 0) is 36.4 Å². The summed E-state index contributed by atoms with van der Waals surface area (Å²) in [7, 11) is 0. The fourth-order valence-corrected chi connectivity index (χ4v) is 2.60. The van der Waals surface area contributed by atoms with Crippen LogP contribution in [0.25, 0.3) is 10.6 Å². The molecule has 0 N–H and O–H groups in total. The maximum absolute atomic E-state index is 11.9. The monoisotopic (exact) mass is 262 g/mol. The normalized spacial score (nSPS) is 10.6. The first-order chi connectivity index (χ1) is 8.63. The summed E-state index contributed by atoms with van der Waals surface area (Å²) in [6.45, 7) is 3.42. The third kappa shape index (κ3) is 2.43. The van der Waals surface area contributed by atoms with E-state index in [4.69, 9.17) is 4.42 Å². The molecule has 0 atom stereocenters. The van der Waals surface area contributed by atoms with Gasteiger partial charge < -0.3 is 4.42 Å². The van der Waals surface area contributed by atoms with Gasteiger partial charge in [0.15, 0.2) is 5.78 Å². The van der Waals surface area contributed by atoms with Crippen molar-refractivity contribution in [2.24, 2.45) is 0 Å². The first kappa shape index (κ1) is 12.8. The Hall–Kier alpha value is -1.68. The van der Waals surface area contributed by atoms with E-state index in [1.807, 2.05) is 30.5 Å². The van der Waals surface area contributed by atoms with Crippen molar-refractivity contribution in [3.05, 3.63) is 45.1 Å². The summed E-state index contributed by atoms with van der Waals surface area (Å²) in [4.78, 5) is 24.3. The molecule has 0 aliphatic carbocycles. The quantitative estimate of drug-likeness (QED) is 0.792. The topological polar surface area (TPSA) is 47.3 Å². The van der Waals surface area contributed by atoms with Crippen molar-refractivity contribution in [2.75, 3.05) is 0 Å². The van der Waals surface area contributed by atoms with Gasteiger partial charge >= 0.3 is 5.63 Å². The van der Waals surface area contributed by atoms with Crippen LogP contribution < -0.4 is 5.63 Å². The highest BCUT2D eigenvalue weighted by Crippen LogP contribution is 2.25. The van der Waals surface area contributed by atoms with Gasteiger partial charge in [0.25, 0.3) is 0 Å². The van der Waals surface area contributed by atoms with Crippen LogP contribution in [-0.2, 0) is 6.42 Å². The Bertz CT molecular complexity index is 608. The molecule has 0 aliphatic rings. The van der Waals surface area contributed by atoms with E-state index in [0.717, 1.165) is 16.9 Å². The highest BCUT2D eigenvalue weighted by atomic mass is 32.1. The molecule has 2 aromatic heterocycles. The van der Waals surface area contributed by atoms with Crippen molar-refractivity contribution in [1.82, 2.24) is 0 Å². The molecule has 0 bridgehead atoms. The van der Waals surface area contributed by atoms with E-state index in [1.165, 1.54) is 18.3 Å². The molecule has 2 heterocycles. The van der Waals surface area contributed by atoms with E-state index < -0.39 is 5.63 Å². The molecular formula is C14H14O3S. The van der Waals surface area contributed by atoms with Crippen molar-refractivity contribution in [3.8, 4) is 10.6 Å². The second kappa shape index (κ2) is 5.31. The van der Waals surface area contributed by atoms with Gasteiger partial charge in [-0.2, -0.15) is 0 Å². The summed E-state index contributed by atoms with van der Waals surface area (Å²) < 4.78 is 5.24. The zero-order valence-corrected chi connectivity index (χ0v) is 11.2. The predicted molar refractivity (Wildman–Crippen MR) is 72.3 cm³/mol. The van der Waals surface area contributed by atoms with Crippen molar-refractivity contribution in [3.63, 3.8) is 0 Å². The molecule has 18 heavy (non-hydrogen) atoms. The standard InChI is InChI=1S/C14H14O3S/c1-3-5-10-8-11(12-6-4-7-18-12)17-14(16)13(10)9(2)15/h4,6-8H,3,5H2,1-2H3. The number of hydrogen-bond donors (Lipinski definition) is 0. The number of rotatable bonds is 4. The molecule has 2 rings (SSSR count). The van der Waals surface area contributed by atoms with Crippen LogP contribution in [0.15, 0.2) is 32.8 Å². The van der Waals surface area contributed by atoms with Crippen LogP contribution in [0.1, 0.15) is 36.2 Å². The lowest BCUT2D eigenvalue weighted by atomic mass is 10.0. The van der Waals surface area contributed by atoms with Crippen LogP contribution >= 0.6 is 11.3 Å². The summed E-state index contributed by atoms with van der Waals surface area (Å²) in [6, 6.07) is 5.61. The molecule has 0 unspecified atom stereocenters. The van der Waals surface area contributed by atoms with Gasteiger partial charge in [-0.3, -0.25) is 4.79 Å². The molecule has 2 aromatic rings. The van der Waals surface area contributed by atoms with Crippen LogP contribution in [0.3, 0.4) is 0 Å². The van der Waals surface area contributed by atoms with E-state index in [-0.39, 0.29) is 11.3 Å². The summed E-state index contributed by atoms with van der Waals surface area (Å²) in [5.74, 6) is 0.313. The molecule has 0 amide bonds. The molecule has 0 saturated heterocycles. The number of carbonyl (C=O) groups excluding carboxylic acids is 1. The first-order valence-electron chi connectivity index (χ1n) is 5.85. The molecule has 0 aliphatic heterocycles. The molecule has 0 fully saturated rings. The molecule has 0 aromatic carbocycles. The van der Waals surface area contributed by atoms with E-state index in [0.29, 0.717) is 12.2 Å². The fourth-order valence-electron chi connectivity index (χ4n) is 1.92. The molecule has 4 heteroatoms. The second-order valence-electron chi connectivity index (χ2n) is 4.08. The molecule has 0 spiro atoms. The third-order valence-electron chi connectivity index (χ3n) is 2.67. The Kier molecular flexibility index (Phi) is 3.77. The lowest BCUT2D eigenvalue weighted by Crippen LogP contribution is -2.15. The van der Waals surface area contributed by atoms with Crippen LogP contribution in [0, 0.1) is 0 Å². The maximum atomic E-state index is 11.9. The largest absolute Gasteiger partial charge is 0.421 e. The number of hydrogen-bond acceptors (Lipinski definition) is 4. The van der Waals surface area contributed by atoms with E-state index >= 15 is 0 Å². The molecule has 0 radical (unpaired) electrons. The number of aryl methyl sites for hydroxylation is 1. The minimum atomic E-state index is -0.531. The maximum Gasteiger partial charge on any atom is 0.347 e. The van der Waals surface area contributed by atoms with Crippen molar-refractivity contribution < 1.29 is 9.21 Å². The van der Waals surface area contributed by atoms with Gasteiger partial charge in [-0.25, -0.2) is 4.79 Å². The van der Waals surface area contributed by atoms with Crippen molar-refractivity contribution in [2.45, 2.75) is 26.7 Å². The number of ketones is 1. The zero-order valence-electron chi connectivity index (χ0n) is 10.4. The Labute approximate surface area is 109 Å². The average Bonchev–Trinajstić information content (AvgIpc) is 2.81. The highest BCUT2D eigenvalue weighted by molar-refractivity contribution is 7.13. The Morgan fingerprint density at radius 1 is 1.44 bits per heavy atom. The lowest BCUT2D eigenvalue weighted by Gasteiger charge is -2.06. The highest BCUT2D eigenvalue weighted by Gasteiger charge is 2.16.